The Morgan fingerprint density at radius 1 is 0.892 bits per heavy atom. The van der Waals surface area contributed by atoms with Crippen LogP contribution in [0.25, 0.3) is 55.0 Å². The summed E-state index contributed by atoms with van der Waals surface area (Å²) in [5, 5.41) is 8.44. The normalized spacial score (nSPS) is 14.6. The maximum Gasteiger partial charge on any atom is 0.176 e. The van der Waals surface area contributed by atoms with E-state index in [0.29, 0.717) is 5.82 Å². The molecule has 0 radical (unpaired) electrons. The molecule has 7 rings (SSSR count). The number of nitrogens with zero attached hydrogens (tertiary/aromatic N) is 5. The highest BCUT2D eigenvalue weighted by molar-refractivity contribution is 7.14. The van der Waals surface area contributed by atoms with Gasteiger partial charge >= 0.3 is 0 Å². The third kappa shape index (κ3) is 4.20. The zero-order chi connectivity index (χ0) is 24.8. The Hall–Kier alpha value is -3.95. The number of likely N-dealkylation sites (tertiary alicyclic amines) is 1. The van der Waals surface area contributed by atoms with Crippen molar-refractivity contribution >= 4 is 33.3 Å². The number of benzene rings is 1. The smallest absolute Gasteiger partial charge is 0.176 e. The second kappa shape index (κ2) is 9.17. The van der Waals surface area contributed by atoms with Crippen molar-refractivity contribution in [3.05, 3.63) is 71.9 Å². The van der Waals surface area contributed by atoms with Gasteiger partial charge in [-0.3, -0.25) is 20.0 Å². The Bertz CT molecular complexity index is 1730. The quantitative estimate of drug-likeness (QED) is 0.280. The monoisotopic (exact) mass is 509 g/mol. The van der Waals surface area contributed by atoms with E-state index in [2.05, 4.69) is 48.2 Å². The maximum atomic E-state index is 13.7. The van der Waals surface area contributed by atoms with Gasteiger partial charge in [0.05, 0.1) is 17.2 Å². The number of pyridine rings is 2. The van der Waals surface area contributed by atoms with Crippen LogP contribution >= 0.6 is 11.3 Å². The van der Waals surface area contributed by atoms with Gasteiger partial charge in [-0.15, -0.1) is 11.3 Å². The van der Waals surface area contributed by atoms with Crippen molar-refractivity contribution in [2.45, 2.75) is 25.8 Å². The summed E-state index contributed by atoms with van der Waals surface area (Å²) in [6.45, 7) is 3.25. The molecule has 184 valence electrons. The van der Waals surface area contributed by atoms with Crippen LogP contribution < -0.4 is 0 Å². The number of H-pyrrole nitrogens is 2. The van der Waals surface area contributed by atoms with Gasteiger partial charge in [-0.2, -0.15) is 9.49 Å². The zero-order valence-corrected chi connectivity index (χ0v) is 20.9. The number of halogens is 1. The molecule has 0 aliphatic carbocycles. The lowest BCUT2D eigenvalue weighted by atomic mass is 10.0. The van der Waals surface area contributed by atoms with E-state index in [1.54, 1.807) is 18.5 Å². The molecular weight excluding hydrogens is 485 g/mol. The topological polar surface area (TPSA) is 86.4 Å². The van der Waals surface area contributed by atoms with Crippen LogP contribution in [0, 0.1) is 5.13 Å². The first-order valence-corrected chi connectivity index (χ1v) is 13.3. The van der Waals surface area contributed by atoms with Crippen LogP contribution in [0.15, 0.2) is 61.2 Å². The fourth-order valence-electron chi connectivity index (χ4n) is 5.17. The maximum absolute atomic E-state index is 13.7. The fourth-order valence-corrected chi connectivity index (χ4v) is 5.91. The molecule has 6 heterocycles. The van der Waals surface area contributed by atoms with E-state index in [1.807, 2.05) is 18.5 Å². The highest BCUT2D eigenvalue weighted by atomic mass is 32.1. The predicted octanol–water partition coefficient (Wildman–Crippen LogP) is 6.42. The average molecular weight is 510 g/mol. The molecule has 0 saturated carbocycles. The van der Waals surface area contributed by atoms with Crippen LogP contribution in [0.5, 0.6) is 0 Å². The second-order valence-corrected chi connectivity index (χ2v) is 10.6. The number of imidazole rings is 1. The summed E-state index contributed by atoms with van der Waals surface area (Å²) in [4.78, 5) is 20.4. The minimum atomic E-state index is -0.233. The first-order chi connectivity index (χ1) is 18.2. The van der Waals surface area contributed by atoms with Crippen molar-refractivity contribution in [2.75, 3.05) is 13.1 Å². The molecule has 0 unspecified atom stereocenters. The minimum Gasteiger partial charge on any atom is -0.335 e. The lowest BCUT2D eigenvalue weighted by Crippen LogP contribution is -2.29. The number of aromatic amines is 2. The van der Waals surface area contributed by atoms with Gasteiger partial charge < -0.3 is 4.98 Å². The molecule has 5 aromatic heterocycles. The molecule has 1 saturated heterocycles. The minimum absolute atomic E-state index is 0.233. The van der Waals surface area contributed by atoms with Crippen molar-refractivity contribution < 1.29 is 4.39 Å². The van der Waals surface area contributed by atoms with Crippen molar-refractivity contribution in [2.24, 2.45) is 0 Å². The molecule has 1 aliphatic heterocycles. The largest absolute Gasteiger partial charge is 0.335 e. The predicted molar refractivity (Wildman–Crippen MR) is 145 cm³/mol. The molecule has 7 nitrogen and oxygen atoms in total. The lowest BCUT2D eigenvalue weighted by Gasteiger charge is -2.26. The summed E-state index contributed by atoms with van der Waals surface area (Å²) in [7, 11) is 0. The molecule has 37 heavy (non-hydrogen) atoms. The van der Waals surface area contributed by atoms with Crippen molar-refractivity contribution in [3.8, 4) is 33.1 Å². The van der Waals surface area contributed by atoms with Gasteiger partial charge in [0.2, 0.25) is 0 Å². The van der Waals surface area contributed by atoms with E-state index < -0.39 is 0 Å². The van der Waals surface area contributed by atoms with Crippen molar-refractivity contribution in [1.29, 1.82) is 0 Å². The van der Waals surface area contributed by atoms with Crippen LogP contribution in [0.3, 0.4) is 0 Å². The third-order valence-corrected chi connectivity index (χ3v) is 7.91. The summed E-state index contributed by atoms with van der Waals surface area (Å²) in [6.07, 6.45) is 11.2. The van der Waals surface area contributed by atoms with Gasteiger partial charge in [-0.25, -0.2) is 4.98 Å². The Kier molecular flexibility index (Phi) is 5.52. The number of hydrogen-bond donors (Lipinski definition) is 2. The van der Waals surface area contributed by atoms with E-state index in [1.165, 1.54) is 30.9 Å². The summed E-state index contributed by atoms with van der Waals surface area (Å²) < 4.78 is 13.7. The number of aromatic nitrogens is 6. The molecule has 9 heteroatoms. The molecule has 6 aromatic rings. The average Bonchev–Trinajstić information content (AvgIpc) is 3.66. The first kappa shape index (κ1) is 22.3. The Labute approximate surface area is 216 Å². The number of hydrogen-bond acceptors (Lipinski definition) is 6. The number of rotatable bonds is 5. The van der Waals surface area contributed by atoms with Crippen molar-refractivity contribution in [1.82, 2.24) is 35.0 Å². The highest BCUT2D eigenvalue weighted by Crippen LogP contribution is 2.35. The van der Waals surface area contributed by atoms with Gasteiger partial charge in [0.15, 0.2) is 11.0 Å². The number of piperidine rings is 1. The Balaban J connectivity index is 1.26. The number of fused-ring (bicyclic) bond motifs is 2. The van der Waals surface area contributed by atoms with E-state index >= 15 is 0 Å². The lowest BCUT2D eigenvalue weighted by molar-refractivity contribution is 0.220. The van der Waals surface area contributed by atoms with E-state index in [4.69, 9.17) is 4.98 Å². The van der Waals surface area contributed by atoms with Gasteiger partial charge in [0.25, 0.3) is 0 Å². The molecule has 0 atom stereocenters. The first-order valence-electron chi connectivity index (χ1n) is 12.5. The fraction of sp³-hybridized carbons (Fsp3) is 0.214. The molecule has 0 amide bonds. The molecular formula is C28H24FN7S. The van der Waals surface area contributed by atoms with E-state index in [9.17, 15) is 4.39 Å². The Morgan fingerprint density at radius 2 is 1.78 bits per heavy atom. The molecule has 0 spiro atoms. The summed E-state index contributed by atoms with van der Waals surface area (Å²) in [5.74, 6) is 0.640. The van der Waals surface area contributed by atoms with Crippen LogP contribution in [-0.4, -0.2) is 48.1 Å². The zero-order valence-electron chi connectivity index (χ0n) is 20.0. The van der Waals surface area contributed by atoms with Crippen LogP contribution in [-0.2, 0) is 6.54 Å². The Morgan fingerprint density at radius 3 is 2.65 bits per heavy atom. The summed E-state index contributed by atoms with van der Waals surface area (Å²) in [5.41, 5.74) is 7.37. The SMILES string of the molecule is Fc1ccc(-c2cncc3[nH]c(-c4n[nH]c5ccc(-c6cncc(CN7CCCCC7)c6)cc45)nc23)s1. The standard InChI is InChI=1S/C28H24FN7S/c29-25-7-6-24(37-25)21-14-31-15-23-26(21)33-28(32-23)27-20-11-18(4-5-22(20)34-35-27)19-10-17(12-30-13-19)16-36-8-2-1-3-9-36/h4-7,10-15H,1-3,8-9,16H2,(H,32,33)(H,34,35). The molecule has 0 bridgehead atoms. The van der Waals surface area contributed by atoms with Gasteiger partial charge in [0, 0.05) is 46.5 Å². The molecule has 1 fully saturated rings. The van der Waals surface area contributed by atoms with Gasteiger partial charge in [-0.1, -0.05) is 12.5 Å². The molecule has 2 N–H and O–H groups in total. The summed E-state index contributed by atoms with van der Waals surface area (Å²) in [6, 6.07) is 11.7. The van der Waals surface area contributed by atoms with E-state index in [-0.39, 0.29) is 5.13 Å². The number of nitrogens with one attached hydrogen (secondary N) is 2. The van der Waals surface area contributed by atoms with Gasteiger partial charge in [0.1, 0.15) is 11.2 Å². The van der Waals surface area contributed by atoms with Crippen LogP contribution in [0.2, 0.25) is 0 Å². The van der Waals surface area contributed by atoms with Crippen LogP contribution in [0.4, 0.5) is 4.39 Å². The highest BCUT2D eigenvalue weighted by Gasteiger charge is 2.17. The van der Waals surface area contributed by atoms with Gasteiger partial charge in [-0.05, 0) is 67.4 Å². The second-order valence-electron chi connectivity index (χ2n) is 9.52. The van der Waals surface area contributed by atoms with E-state index in [0.717, 1.165) is 80.2 Å². The number of thiophene rings is 1. The molecule has 1 aromatic carbocycles. The van der Waals surface area contributed by atoms with Crippen molar-refractivity contribution in [3.63, 3.8) is 0 Å². The van der Waals surface area contributed by atoms with Crippen LogP contribution in [0.1, 0.15) is 24.8 Å². The third-order valence-electron chi connectivity index (χ3n) is 7.00. The molecule has 1 aliphatic rings. The summed E-state index contributed by atoms with van der Waals surface area (Å²) >= 11 is 1.09.